The summed E-state index contributed by atoms with van der Waals surface area (Å²) in [4.78, 5) is 31.4. The first kappa shape index (κ1) is 19.6. The second kappa shape index (κ2) is 8.78. The lowest BCUT2D eigenvalue weighted by atomic mass is 10.1. The van der Waals surface area contributed by atoms with E-state index in [1.165, 1.54) is 24.7 Å². The third-order valence-corrected chi connectivity index (χ3v) is 5.21. The molecule has 30 heavy (non-hydrogen) atoms. The van der Waals surface area contributed by atoms with Gasteiger partial charge in [0.05, 0.1) is 5.56 Å². The number of aryl methyl sites for hydroxylation is 1. The molecule has 0 atom stereocenters. The molecule has 1 aromatic heterocycles. The summed E-state index contributed by atoms with van der Waals surface area (Å²) in [7, 11) is 0. The molecular weight excluding hydrogens is 376 g/mol. The van der Waals surface area contributed by atoms with E-state index in [4.69, 9.17) is 0 Å². The average molecular weight is 400 g/mol. The lowest BCUT2D eigenvalue weighted by Crippen LogP contribution is -2.19. The van der Waals surface area contributed by atoms with Crippen molar-refractivity contribution in [3.8, 4) is 0 Å². The molecular formula is C24H24N4O2. The van der Waals surface area contributed by atoms with E-state index in [2.05, 4.69) is 33.5 Å². The maximum absolute atomic E-state index is 12.7. The van der Waals surface area contributed by atoms with E-state index in [0.717, 1.165) is 24.3 Å². The van der Waals surface area contributed by atoms with Crippen LogP contribution in [0.15, 0.2) is 67.0 Å². The average Bonchev–Trinajstić information content (AvgIpc) is 3.29. The van der Waals surface area contributed by atoms with Crippen molar-refractivity contribution >= 4 is 28.9 Å². The van der Waals surface area contributed by atoms with Crippen LogP contribution in [0.4, 0.5) is 17.1 Å². The van der Waals surface area contributed by atoms with Crippen LogP contribution in [0.1, 0.15) is 39.1 Å². The van der Waals surface area contributed by atoms with Crippen molar-refractivity contribution in [2.45, 2.75) is 19.8 Å². The quantitative estimate of drug-likeness (QED) is 0.662. The first-order valence-electron chi connectivity index (χ1n) is 10.1. The minimum Gasteiger partial charge on any atom is -0.371 e. The predicted molar refractivity (Wildman–Crippen MR) is 119 cm³/mol. The normalized spacial score (nSPS) is 13.2. The second-order valence-corrected chi connectivity index (χ2v) is 7.43. The number of hydrogen-bond acceptors (Lipinski definition) is 4. The van der Waals surface area contributed by atoms with Crippen molar-refractivity contribution < 1.29 is 9.59 Å². The summed E-state index contributed by atoms with van der Waals surface area (Å²) < 4.78 is 0. The zero-order valence-electron chi connectivity index (χ0n) is 16.9. The molecule has 0 spiro atoms. The van der Waals surface area contributed by atoms with Gasteiger partial charge in [0, 0.05) is 48.1 Å². The molecule has 0 saturated carbocycles. The van der Waals surface area contributed by atoms with Gasteiger partial charge >= 0.3 is 0 Å². The largest absolute Gasteiger partial charge is 0.371 e. The molecule has 0 radical (unpaired) electrons. The zero-order valence-corrected chi connectivity index (χ0v) is 16.9. The van der Waals surface area contributed by atoms with Crippen LogP contribution in [0.3, 0.4) is 0 Å². The Labute approximate surface area is 175 Å². The Hall–Kier alpha value is -3.67. The monoisotopic (exact) mass is 400 g/mol. The first-order valence-corrected chi connectivity index (χ1v) is 10.1. The Balaban J connectivity index is 1.44. The highest BCUT2D eigenvalue weighted by molar-refractivity contribution is 6.07. The van der Waals surface area contributed by atoms with Crippen molar-refractivity contribution in [2.24, 2.45) is 0 Å². The third kappa shape index (κ3) is 4.49. The first-order chi connectivity index (χ1) is 14.6. The fourth-order valence-corrected chi connectivity index (χ4v) is 3.69. The molecule has 2 heterocycles. The number of carbonyl (C=O) groups is 2. The molecule has 4 rings (SSSR count). The number of anilines is 3. The predicted octanol–water partition coefficient (Wildman–Crippen LogP) is 4.49. The Morgan fingerprint density at radius 1 is 0.867 bits per heavy atom. The molecule has 1 aliphatic rings. The van der Waals surface area contributed by atoms with E-state index >= 15 is 0 Å². The molecule has 6 nitrogen and oxygen atoms in total. The van der Waals surface area contributed by atoms with Gasteiger partial charge in [-0.3, -0.25) is 14.6 Å². The van der Waals surface area contributed by atoms with Gasteiger partial charge in [-0.2, -0.15) is 0 Å². The number of nitrogens with one attached hydrogen (secondary N) is 2. The Morgan fingerprint density at radius 3 is 2.27 bits per heavy atom. The molecule has 3 aromatic rings. The number of rotatable bonds is 5. The highest BCUT2D eigenvalue weighted by Crippen LogP contribution is 2.27. The van der Waals surface area contributed by atoms with Gasteiger partial charge in [-0.15, -0.1) is 0 Å². The zero-order chi connectivity index (χ0) is 20.9. The van der Waals surface area contributed by atoms with Gasteiger partial charge < -0.3 is 15.5 Å². The van der Waals surface area contributed by atoms with E-state index in [1.807, 2.05) is 12.1 Å². The van der Waals surface area contributed by atoms with Gasteiger partial charge in [-0.05, 0) is 73.9 Å². The number of hydrogen-bond donors (Lipinski definition) is 2. The van der Waals surface area contributed by atoms with Crippen LogP contribution in [0.2, 0.25) is 0 Å². The number of benzene rings is 2. The molecule has 2 amide bonds. The Morgan fingerprint density at radius 2 is 1.57 bits per heavy atom. The number of pyridine rings is 1. The van der Waals surface area contributed by atoms with Crippen LogP contribution in [0.25, 0.3) is 0 Å². The topological polar surface area (TPSA) is 74.3 Å². The summed E-state index contributed by atoms with van der Waals surface area (Å²) in [6, 6.07) is 16.3. The van der Waals surface area contributed by atoms with Crippen molar-refractivity contribution in [2.75, 3.05) is 28.6 Å². The van der Waals surface area contributed by atoms with Gasteiger partial charge in [0.2, 0.25) is 0 Å². The summed E-state index contributed by atoms with van der Waals surface area (Å²) >= 11 is 0. The van der Waals surface area contributed by atoms with Gasteiger partial charge in [0.1, 0.15) is 0 Å². The van der Waals surface area contributed by atoms with Crippen molar-refractivity contribution in [1.82, 2.24) is 4.98 Å². The number of nitrogens with zero attached hydrogens (tertiary/aromatic N) is 2. The molecule has 0 aliphatic carbocycles. The molecule has 6 heteroatoms. The fourth-order valence-electron chi connectivity index (χ4n) is 3.69. The van der Waals surface area contributed by atoms with Crippen LogP contribution in [0, 0.1) is 6.92 Å². The van der Waals surface area contributed by atoms with Crippen LogP contribution >= 0.6 is 0 Å². The smallest absolute Gasteiger partial charge is 0.257 e. The Kier molecular flexibility index (Phi) is 5.75. The molecule has 1 fully saturated rings. The van der Waals surface area contributed by atoms with Crippen LogP contribution in [-0.4, -0.2) is 29.9 Å². The second-order valence-electron chi connectivity index (χ2n) is 7.43. The third-order valence-electron chi connectivity index (χ3n) is 5.21. The maximum Gasteiger partial charge on any atom is 0.257 e. The van der Waals surface area contributed by atoms with Gasteiger partial charge in [0.15, 0.2) is 0 Å². The molecule has 1 saturated heterocycles. The van der Waals surface area contributed by atoms with Gasteiger partial charge in [-0.1, -0.05) is 6.07 Å². The van der Waals surface area contributed by atoms with E-state index in [0.29, 0.717) is 16.8 Å². The lowest BCUT2D eigenvalue weighted by Gasteiger charge is -2.20. The minimum atomic E-state index is -0.270. The van der Waals surface area contributed by atoms with Crippen LogP contribution in [0.5, 0.6) is 0 Å². The summed E-state index contributed by atoms with van der Waals surface area (Å²) in [5, 5.41) is 5.75. The summed E-state index contributed by atoms with van der Waals surface area (Å²) in [5.74, 6) is -0.491. The number of amides is 2. The highest BCUT2D eigenvalue weighted by Gasteiger charge is 2.15. The SMILES string of the molecule is Cc1cc(NC(=O)c2cccc(NC(=O)c3cccnc3)c2)ccc1N1CCCC1. The summed E-state index contributed by atoms with van der Waals surface area (Å²) in [6.45, 7) is 4.24. The summed E-state index contributed by atoms with van der Waals surface area (Å²) in [5.41, 5.74) is 4.61. The lowest BCUT2D eigenvalue weighted by molar-refractivity contribution is 0.101. The van der Waals surface area contributed by atoms with Crippen LogP contribution in [-0.2, 0) is 0 Å². The van der Waals surface area contributed by atoms with Gasteiger partial charge in [-0.25, -0.2) is 0 Å². The molecule has 152 valence electrons. The summed E-state index contributed by atoms with van der Waals surface area (Å²) in [6.07, 6.45) is 5.57. The highest BCUT2D eigenvalue weighted by atomic mass is 16.2. The molecule has 1 aliphatic heterocycles. The number of aromatic nitrogens is 1. The van der Waals surface area contributed by atoms with E-state index in [1.54, 1.807) is 42.6 Å². The van der Waals surface area contributed by atoms with Crippen LogP contribution < -0.4 is 15.5 Å². The molecule has 2 aromatic carbocycles. The Bertz CT molecular complexity index is 1060. The van der Waals surface area contributed by atoms with Crippen molar-refractivity contribution in [3.63, 3.8) is 0 Å². The standard InChI is InChI=1S/C24H24N4O2/c1-17-14-21(9-10-22(17)28-12-2-3-13-28)27-23(29)18-6-4-8-20(15-18)26-24(30)19-7-5-11-25-16-19/h4-11,14-16H,2-3,12-13H2,1H3,(H,26,30)(H,27,29). The minimum absolute atomic E-state index is 0.221. The molecule has 2 N–H and O–H groups in total. The molecule has 0 unspecified atom stereocenters. The maximum atomic E-state index is 12.7. The molecule has 0 bridgehead atoms. The van der Waals surface area contributed by atoms with E-state index < -0.39 is 0 Å². The van der Waals surface area contributed by atoms with Crippen molar-refractivity contribution in [1.29, 1.82) is 0 Å². The van der Waals surface area contributed by atoms with E-state index in [-0.39, 0.29) is 11.8 Å². The van der Waals surface area contributed by atoms with Crippen molar-refractivity contribution in [3.05, 3.63) is 83.7 Å². The van der Waals surface area contributed by atoms with Gasteiger partial charge in [0.25, 0.3) is 11.8 Å². The van der Waals surface area contributed by atoms with E-state index in [9.17, 15) is 9.59 Å². The fraction of sp³-hybridized carbons (Fsp3) is 0.208. The number of carbonyl (C=O) groups excluding carboxylic acids is 2.